The minimum Gasteiger partial charge on any atom is -0.360 e. The summed E-state index contributed by atoms with van der Waals surface area (Å²) in [7, 11) is 0. The number of hydrogen-bond acceptors (Lipinski definition) is 5. The summed E-state index contributed by atoms with van der Waals surface area (Å²) in [5.74, 6) is 0.775. The summed E-state index contributed by atoms with van der Waals surface area (Å²) < 4.78 is 5.26. The van der Waals surface area contributed by atoms with Gasteiger partial charge in [-0.1, -0.05) is 5.16 Å². The predicted octanol–water partition coefficient (Wildman–Crippen LogP) is -0.375. The molecule has 0 radical (unpaired) electrons. The van der Waals surface area contributed by atoms with E-state index in [1.165, 1.54) is 0 Å². The summed E-state index contributed by atoms with van der Waals surface area (Å²) in [6, 6.07) is 0. The summed E-state index contributed by atoms with van der Waals surface area (Å²) in [4.78, 5) is 27.3. The van der Waals surface area contributed by atoms with Crippen molar-refractivity contribution in [2.45, 2.75) is 19.9 Å². The quantitative estimate of drug-likeness (QED) is 0.758. The summed E-state index contributed by atoms with van der Waals surface area (Å²) in [6.07, 6.45) is 0.772. The maximum absolute atomic E-state index is 12.5. The maximum atomic E-state index is 12.5. The first-order valence-electron chi connectivity index (χ1n) is 6.89. The van der Waals surface area contributed by atoms with E-state index in [1.807, 2.05) is 0 Å². The molecule has 3 heterocycles. The molecule has 20 heavy (non-hydrogen) atoms. The van der Waals surface area contributed by atoms with Gasteiger partial charge in [-0.25, -0.2) is 0 Å². The third-order valence-electron chi connectivity index (χ3n) is 3.91. The fourth-order valence-corrected chi connectivity index (χ4v) is 2.68. The van der Waals surface area contributed by atoms with Crippen molar-refractivity contribution in [1.82, 2.24) is 20.3 Å². The number of rotatable bonds is 1. The molecule has 0 saturated carbocycles. The number of nitrogens with zero attached hydrogens (tertiary/aromatic N) is 3. The number of aromatic nitrogens is 1. The third kappa shape index (κ3) is 2.29. The molecule has 0 unspecified atom stereocenters. The van der Waals surface area contributed by atoms with Crippen LogP contribution in [-0.2, 0) is 17.8 Å². The van der Waals surface area contributed by atoms with Gasteiger partial charge in [-0.3, -0.25) is 9.59 Å². The highest BCUT2D eigenvalue weighted by molar-refractivity contribution is 5.94. The highest BCUT2D eigenvalue weighted by Gasteiger charge is 2.29. The summed E-state index contributed by atoms with van der Waals surface area (Å²) in [5, 5.41) is 7.16. The first-order valence-corrected chi connectivity index (χ1v) is 6.89. The molecule has 0 aromatic carbocycles. The van der Waals surface area contributed by atoms with Crippen LogP contribution in [0.25, 0.3) is 0 Å². The van der Waals surface area contributed by atoms with Crippen molar-refractivity contribution in [2.75, 3.05) is 32.7 Å². The third-order valence-corrected chi connectivity index (χ3v) is 3.91. The fourth-order valence-electron chi connectivity index (χ4n) is 2.68. The number of hydrogen-bond donors (Lipinski definition) is 1. The monoisotopic (exact) mass is 278 g/mol. The SMILES string of the molecule is CC(=O)N1CCN(C(=O)c2noc3c2CNCC3)CC1. The first-order chi connectivity index (χ1) is 9.66. The van der Waals surface area contributed by atoms with Crippen molar-refractivity contribution in [3.8, 4) is 0 Å². The Balaban J connectivity index is 1.71. The normalized spacial score (nSPS) is 18.9. The van der Waals surface area contributed by atoms with Crippen LogP contribution in [0.4, 0.5) is 0 Å². The summed E-state index contributed by atoms with van der Waals surface area (Å²) in [6.45, 7) is 5.30. The molecule has 2 amide bonds. The molecule has 0 spiro atoms. The number of piperazine rings is 1. The molecule has 2 aliphatic heterocycles. The zero-order valence-electron chi connectivity index (χ0n) is 11.5. The lowest BCUT2D eigenvalue weighted by Crippen LogP contribution is -2.50. The lowest BCUT2D eigenvalue weighted by Gasteiger charge is -2.33. The molecule has 0 bridgehead atoms. The molecule has 3 rings (SSSR count). The largest absolute Gasteiger partial charge is 0.360 e. The van der Waals surface area contributed by atoms with Crippen molar-refractivity contribution in [1.29, 1.82) is 0 Å². The van der Waals surface area contributed by atoms with Crippen LogP contribution in [-0.4, -0.2) is 59.5 Å². The van der Waals surface area contributed by atoms with Gasteiger partial charge in [0.15, 0.2) is 5.69 Å². The van der Waals surface area contributed by atoms with E-state index in [-0.39, 0.29) is 11.8 Å². The molecular weight excluding hydrogens is 260 g/mol. The molecule has 1 aromatic rings. The Hall–Kier alpha value is -1.89. The van der Waals surface area contributed by atoms with Crippen LogP contribution in [0.15, 0.2) is 4.52 Å². The van der Waals surface area contributed by atoms with E-state index >= 15 is 0 Å². The van der Waals surface area contributed by atoms with Gasteiger partial charge >= 0.3 is 0 Å². The Morgan fingerprint density at radius 2 is 1.90 bits per heavy atom. The first kappa shape index (κ1) is 13.1. The van der Waals surface area contributed by atoms with E-state index in [2.05, 4.69) is 10.5 Å². The molecule has 0 aliphatic carbocycles. The lowest BCUT2D eigenvalue weighted by molar-refractivity contribution is -0.130. The van der Waals surface area contributed by atoms with Gasteiger partial charge in [0.2, 0.25) is 5.91 Å². The highest BCUT2D eigenvalue weighted by Crippen LogP contribution is 2.20. The summed E-state index contributed by atoms with van der Waals surface area (Å²) in [5.41, 5.74) is 1.30. The van der Waals surface area contributed by atoms with Gasteiger partial charge in [0.05, 0.1) is 0 Å². The van der Waals surface area contributed by atoms with Crippen LogP contribution in [0, 0.1) is 0 Å². The molecule has 1 aromatic heterocycles. The van der Waals surface area contributed by atoms with Crippen LogP contribution in [0.5, 0.6) is 0 Å². The highest BCUT2D eigenvalue weighted by atomic mass is 16.5. The van der Waals surface area contributed by atoms with Crippen LogP contribution in [0.2, 0.25) is 0 Å². The van der Waals surface area contributed by atoms with E-state index in [0.29, 0.717) is 38.4 Å². The fraction of sp³-hybridized carbons (Fsp3) is 0.615. The molecule has 108 valence electrons. The number of carbonyl (C=O) groups excluding carboxylic acids is 2. The van der Waals surface area contributed by atoms with Gasteiger partial charge in [0, 0.05) is 58.2 Å². The topological polar surface area (TPSA) is 78.7 Å². The molecule has 1 saturated heterocycles. The molecule has 1 fully saturated rings. The van der Waals surface area contributed by atoms with Crippen LogP contribution in [0.1, 0.15) is 28.7 Å². The second-order valence-corrected chi connectivity index (χ2v) is 5.16. The standard InChI is InChI=1S/C13H18N4O3/c1-9(18)16-4-6-17(7-5-16)13(19)12-10-8-14-3-2-11(10)20-15-12/h14H,2-8H2,1H3. The van der Waals surface area contributed by atoms with Crippen molar-refractivity contribution >= 4 is 11.8 Å². The Labute approximate surface area is 116 Å². The number of fused-ring (bicyclic) bond motifs is 1. The van der Waals surface area contributed by atoms with Crippen LogP contribution in [0.3, 0.4) is 0 Å². The Morgan fingerprint density at radius 1 is 1.20 bits per heavy atom. The minimum absolute atomic E-state index is 0.0557. The average molecular weight is 278 g/mol. The maximum Gasteiger partial charge on any atom is 0.276 e. The Morgan fingerprint density at radius 3 is 2.60 bits per heavy atom. The molecule has 7 nitrogen and oxygen atoms in total. The summed E-state index contributed by atoms with van der Waals surface area (Å²) >= 11 is 0. The van der Waals surface area contributed by atoms with E-state index in [0.717, 1.165) is 24.3 Å². The van der Waals surface area contributed by atoms with Crippen molar-refractivity contribution < 1.29 is 14.1 Å². The zero-order valence-corrected chi connectivity index (χ0v) is 11.5. The molecular formula is C13H18N4O3. The van der Waals surface area contributed by atoms with Crippen molar-refractivity contribution in [2.24, 2.45) is 0 Å². The van der Waals surface area contributed by atoms with Gasteiger partial charge in [-0.05, 0) is 0 Å². The number of amides is 2. The van der Waals surface area contributed by atoms with Crippen LogP contribution < -0.4 is 5.32 Å². The predicted molar refractivity (Wildman–Crippen MR) is 70.1 cm³/mol. The van der Waals surface area contributed by atoms with Crippen molar-refractivity contribution in [3.63, 3.8) is 0 Å². The van der Waals surface area contributed by atoms with E-state index in [4.69, 9.17) is 4.52 Å². The number of nitrogens with one attached hydrogen (secondary N) is 1. The minimum atomic E-state index is -0.0955. The van der Waals surface area contributed by atoms with Gasteiger partial charge < -0.3 is 19.6 Å². The molecule has 0 atom stereocenters. The van der Waals surface area contributed by atoms with Gasteiger partial charge in [0.25, 0.3) is 5.91 Å². The number of carbonyl (C=O) groups is 2. The Bertz CT molecular complexity index is 532. The van der Waals surface area contributed by atoms with Gasteiger partial charge in [-0.15, -0.1) is 0 Å². The average Bonchev–Trinajstić information content (AvgIpc) is 2.90. The lowest BCUT2D eigenvalue weighted by atomic mass is 10.1. The van der Waals surface area contributed by atoms with E-state index in [1.54, 1.807) is 16.7 Å². The van der Waals surface area contributed by atoms with E-state index in [9.17, 15) is 9.59 Å². The Kier molecular flexibility index (Phi) is 3.43. The second-order valence-electron chi connectivity index (χ2n) is 5.16. The van der Waals surface area contributed by atoms with Crippen LogP contribution >= 0.6 is 0 Å². The molecule has 2 aliphatic rings. The van der Waals surface area contributed by atoms with Gasteiger partial charge in [-0.2, -0.15) is 0 Å². The molecule has 1 N–H and O–H groups in total. The second kappa shape index (κ2) is 5.24. The van der Waals surface area contributed by atoms with E-state index < -0.39 is 0 Å². The van der Waals surface area contributed by atoms with Gasteiger partial charge in [0.1, 0.15) is 5.76 Å². The van der Waals surface area contributed by atoms with Crippen molar-refractivity contribution in [3.05, 3.63) is 17.0 Å². The zero-order chi connectivity index (χ0) is 14.1. The molecule has 7 heteroatoms. The smallest absolute Gasteiger partial charge is 0.276 e.